The maximum atomic E-state index is 12.1. The quantitative estimate of drug-likeness (QED) is 0.859. The lowest BCUT2D eigenvalue weighted by Crippen LogP contribution is -2.52. The van der Waals surface area contributed by atoms with Gasteiger partial charge in [0.2, 0.25) is 0 Å². The van der Waals surface area contributed by atoms with E-state index in [-0.39, 0.29) is 11.4 Å². The number of nitrogens with one attached hydrogen (secondary N) is 1. The van der Waals surface area contributed by atoms with Crippen LogP contribution in [0.4, 0.5) is 0 Å². The number of amides is 1. The number of aryl methyl sites for hydroxylation is 1. The number of nitrogens with zero attached hydrogens (tertiary/aromatic N) is 1. The van der Waals surface area contributed by atoms with Gasteiger partial charge in [-0.25, -0.2) is 0 Å². The fourth-order valence-electron chi connectivity index (χ4n) is 2.39. The zero-order chi connectivity index (χ0) is 13.2. The molecule has 0 saturated heterocycles. The van der Waals surface area contributed by atoms with Crippen molar-refractivity contribution in [3.63, 3.8) is 0 Å². The summed E-state index contributed by atoms with van der Waals surface area (Å²) < 4.78 is 4.91. The molecule has 0 atom stereocenters. The Balaban J connectivity index is 2.04. The Kier molecular flexibility index (Phi) is 3.95. The topological polar surface area (TPSA) is 55.1 Å². The molecular formula is C13H19ClN2O2. The number of hydrogen-bond donors (Lipinski definition) is 1. The van der Waals surface area contributed by atoms with Crippen LogP contribution in [-0.4, -0.2) is 22.5 Å². The molecule has 2 rings (SSSR count). The lowest BCUT2D eigenvalue weighted by molar-refractivity contribution is 0.0863. The van der Waals surface area contributed by atoms with Crippen molar-refractivity contribution in [1.82, 2.24) is 10.5 Å². The van der Waals surface area contributed by atoms with Crippen LogP contribution in [0.5, 0.6) is 0 Å². The van der Waals surface area contributed by atoms with Crippen LogP contribution >= 0.6 is 11.6 Å². The first-order chi connectivity index (χ1) is 8.54. The highest BCUT2D eigenvalue weighted by atomic mass is 35.5. The summed E-state index contributed by atoms with van der Waals surface area (Å²) in [6.45, 7) is 4.00. The van der Waals surface area contributed by atoms with Gasteiger partial charge >= 0.3 is 0 Å². The first-order valence-electron chi connectivity index (χ1n) is 6.36. The molecular weight excluding hydrogens is 252 g/mol. The first kappa shape index (κ1) is 13.4. The van der Waals surface area contributed by atoms with Crippen molar-refractivity contribution in [3.8, 4) is 0 Å². The number of alkyl halides is 1. The van der Waals surface area contributed by atoms with Gasteiger partial charge in [0.15, 0.2) is 5.69 Å². The van der Waals surface area contributed by atoms with Crippen molar-refractivity contribution >= 4 is 17.5 Å². The summed E-state index contributed by atoms with van der Waals surface area (Å²) in [5, 5.41) is 6.77. The van der Waals surface area contributed by atoms with E-state index in [2.05, 4.69) is 17.4 Å². The first-order valence-corrected chi connectivity index (χ1v) is 6.90. The van der Waals surface area contributed by atoms with E-state index < -0.39 is 0 Å². The Bertz CT molecular complexity index is 422. The predicted molar refractivity (Wildman–Crippen MR) is 69.8 cm³/mol. The molecule has 0 aromatic carbocycles. The second-order valence-corrected chi connectivity index (χ2v) is 5.64. The Morgan fingerprint density at radius 3 is 2.78 bits per heavy atom. The molecule has 0 bridgehead atoms. The van der Waals surface area contributed by atoms with Crippen LogP contribution in [0, 0.1) is 12.8 Å². The third-order valence-corrected chi connectivity index (χ3v) is 4.24. The molecule has 1 amide bonds. The molecule has 4 nitrogen and oxygen atoms in total. The fourth-order valence-corrected chi connectivity index (χ4v) is 2.72. The molecule has 1 fully saturated rings. The van der Waals surface area contributed by atoms with E-state index >= 15 is 0 Å². The van der Waals surface area contributed by atoms with Crippen LogP contribution in [-0.2, 0) is 0 Å². The Morgan fingerprint density at radius 1 is 1.61 bits per heavy atom. The lowest BCUT2D eigenvalue weighted by atomic mass is 9.78. The normalized spacial score (nSPS) is 28.1. The molecule has 1 aromatic heterocycles. The molecule has 1 aliphatic carbocycles. The predicted octanol–water partition coefficient (Wildman–Crippen LogP) is 2.90. The third-order valence-electron chi connectivity index (χ3n) is 3.73. The van der Waals surface area contributed by atoms with E-state index in [0.29, 0.717) is 23.3 Å². The number of aromatic nitrogens is 1. The van der Waals surface area contributed by atoms with Gasteiger partial charge in [0.25, 0.3) is 5.91 Å². The number of rotatable bonds is 3. The van der Waals surface area contributed by atoms with Crippen LogP contribution in [0.2, 0.25) is 0 Å². The Hall–Kier alpha value is -1.03. The van der Waals surface area contributed by atoms with Crippen LogP contribution < -0.4 is 5.32 Å². The highest BCUT2D eigenvalue weighted by Gasteiger charge is 2.35. The molecule has 1 saturated carbocycles. The van der Waals surface area contributed by atoms with E-state index in [0.717, 1.165) is 25.7 Å². The van der Waals surface area contributed by atoms with Gasteiger partial charge in [-0.15, -0.1) is 11.6 Å². The number of halogens is 1. The van der Waals surface area contributed by atoms with Crippen LogP contribution in [0.1, 0.15) is 48.9 Å². The summed E-state index contributed by atoms with van der Waals surface area (Å²) in [4.78, 5) is 12.1. The zero-order valence-corrected chi connectivity index (χ0v) is 11.6. The van der Waals surface area contributed by atoms with Crippen LogP contribution in [0.25, 0.3) is 0 Å². The van der Waals surface area contributed by atoms with Crippen molar-refractivity contribution in [2.75, 3.05) is 5.88 Å². The fraction of sp³-hybridized carbons (Fsp3) is 0.692. The maximum Gasteiger partial charge on any atom is 0.273 e. The highest BCUT2D eigenvalue weighted by Crippen LogP contribution is 2.33. The van der Waals surface area contributed by atoms with Crippen LogP contribution in [0.15, 0.2) is 10.6 Å². The molecule has 0 aliphatic heterocycles. The van der Waals surface area contributed by atoms with Gasteiger partial charge in [-0.05, 0) is 38.5 Å². The molecule has 5 heteroatoms. The smallest absolute Gasteiger partial charge is 0.273 e. The molecule has 1 aromatic rings. The van der Waals surface area contributed by atoms with Gasteiger partial charge < -0.3 is 9.84 Å². The molecule has 0 spiro atoms. The van der Waals surface area contributed by atoms with Crippen molar-refractivity contribution in [1.29, 1.82) is 0 Å². The second-order valence-electron chi connectivity index (χ2n) is 5.37. The summed E-state index contributed by atoms with van der Waals surface area (Å²) >= 11 is 6.06. The number of hydrogen-bond acceptors (Lipinski definition) is 3. The minimum atomic E-state index is -0.280. The number of carbonyl (C=O) groups is 1. The van der Waals surface area contributed by atoms with E-state index in [4.69, 9.17) is 16.1 Å². The Labute approximate surface area is 112 Å². The van der Waals surface area contributed by atoms with Gasteiger partial charge in [-0.3, -0.25) is 4.79 Å². The standard InChI is InChI=1S/C13H19ClN2O2/c1-9-3-5-13(8-14,6-4-9)15-12(17)11-7-10(2)18-16-11/h7,9H,3-6,8H2,1-2H3,(H,15,17). The SMILES string of the molecule is Cc1cc(C(=O)NC2(CCl)CCC(C)CC2)no1. The van der Waals surface area contributed by atoms with Gasteiger partial charge in [-0.2, -0.15) is 0 Å². The van der Waals surface area contributed by atoms with Crippen molar-refractivity contribution in [2.24, 2.45) is 5.92 Å². The van der Waals surface area contributed by atoms with Gasteiger partial charge in [-0.1, -0.05) is 12.1 Å². The summed E-state index contributed by atoms with van der Waals surface area (Å²) in [6, 6.07) is 1.64. The summed E-state index contributed by atoms with van der Waals surface area (Å²) in [5.41, 5.74) is 0.0495. The van der Waals surface area contributed by atoms with E-state index in [1.165, 1.54) is 0 Å². The molecule has 18 heavy (non-hydrogen) atoms. The third kappa shape index (κ3) is 2.86. The molecule has 0 unspecified atom stereocenters. The monoisotopic (exact) mass is 270 g/mol. The largest absolute Gasteiger partial charge is 0.361 e. The number of carbonyl (C=O) groups excluding carboxylic acids is 1. The molecule has 1 heterocycles. The summed E-state index contributed by atoms with van der Waals surface area (Å²) in [6.07, 6.45) is 4.07. The summed E-state index contributed by atoms with van der Waals surface area (Å²) in [7, 11) is 0. The highest BCUT2D eigenvalue weighted by molar-refractivity contribution is 6.18. The molecule has 100 valence electrons. The molecule has 0 radical (unpaired) electrons. The maximum absolute atomic E-state index is 12.1. The summed E-state index contributed by atoms with van der Waals surface area (Å²) in [5.74, 6) is 1.61. The zero-order valence-electron chi connectivity index (χ0n) is 10.8. The van der Waals surface area contributed by atoms with E-state index in [1.54, 1.807) is 13.0 Å². The second kappa shape index (κ2) is 5.31. The average molecular weight is 271 g/mol. The lowest BCUT2D eigenvalue weighted by Gasteiger charge is -2.38. The van der Waals surface area contributed by atoms with E-state index in [1.807, 2.05) is 0 Å². The minimum Gasteiger partial charge on any atom is -0.361 e. The minimum absolute atomic E-state index is 0.193. The van der Waals surface area contributed by atoms with Gasteiger partial charge in [0.1, 0.15) is 5.76 Å². The van der Waals surface area contributed by atoms with Crippen molar-refractivity contribution in [3.05, 3.63) is 17.5 Å². The van der Waals surface area contributed by atoms with Crippen molar-refractivity contribution in [2.45, 2.75) is 45.1 Å². The van der Waals surface area contributed by atoms with Gasteiger partial charge in [0.05, 0.1) is 5.54 Å². The average Bonchev–Trinajstić information content (AvgIpc) is 2.79. The molecule has 1 aliphatic rings. The Morgan fingerprint density at radius 2 is 2.28 bits per heavy atom. The van der Waals surface area contributed by atoms with Crippen molar-refractivity contribution < 1.29 is 9.32 Å². The molecule has 1 N–H and O–H groups in total. The van der Waals surface area contributed by atoms with Gasteiger partial charge in [0, 0.05) is 11.9 Å². The van der Waals surface area contributed by atoms with Crippen LogP contribution in [0.3, 0.4) is 0 Å². The van der Waals surface area contributed by atoms with E-state index in [9.17, 15) is 4.79 Å².